The Balaban J connectivity index is 2.05. The van der Waals surface area contributed by atoms with Gasteiger partial charge in [-0.3, -0.25) is 0 Å². The maximum absolute atomic E-state index is 13.7. The summed E-state index contributed by atoms with van der Waals surface area (Å²) in [6, 6.07) is 12.2. The third kappa shape index (κ3) is 4.67. The molecule has 0 aromatic heterocycles. The summed E-state index contributed by atoms with van der Waals surface area (Å²) in [5.41, 5.74) is 1.25. The minimum Gasteiger partial charge on any atom is -0.489 e. The molecule has 108 valence electrons. The van der Waals surface area contributed by atoms with Crippen LogP contribution in [0, 0.1) is 17.7 Å². The molecule has 0 saturated carbocycles. The number of ether oxygens (including phenoxy) is 1. The standard InChI is InChI=1S/C17H13Cl2FO/c18-10-2-1-5-13-6-3-8-15(11-13)21-12-14-7-4-9-16(19)17(14)20/h3-4,6-9,11H,2,10,12H2. The molecule has 0 bridgehead atoms. The van der Waals surface area contributed by atoms with Crippen molar-refractivity contribution in [1.29, 1.82) is 0 Å². The Morgan fingerprint density at radius 2 is 1.95 bits per heavy atom. The fourth-order valence-corrected chi connectivity index (χ4v) is 1.99. The lowest BCUT2D eigenvalue weighted by Crippen LogP contribution is -1.99. The molecule has 2 aromatic carbocycles. The molecular weight excluding hydrogens is 310 g/mol. The van der Waals surface area contributed by atoms with Gasteiger partial charge in [0.1, 0.15) is 18.2 Å². The van der Waals surface area contributed by atoms with Crippen LogP contribution in [0.4, 0.5) is 4.39 Å². The van der Waals surface area contributed by atoms with Crippen LogP contribution in [0.15, 0.2) is 42.5 Å². The molecule has 21 heavy (non-hydrogen) atoms. The Bertz CT molecular complexity index is 674. The van der Waals surface area contributed by atoms with Crippen molar-refractivity contribution < 1.29 is 9.13 Å². The second-order valence-corrected chi connectivity index (χ2v) is 5.06. The second-order valence-electron chi connectivity index (χ2n) is 4.27. The van der Waals surface area contributed by atoms with Gasteiger partial charge in [-0.2, -0.15) is 0 Å². The van der Waals surface area contributed by atoms with Gasteiger partial charge in [0.2, 0.25) is 0 Å². The predicted molar refractivity (Wildman–Crippen MR) is 84.4 cm³/mol. The Kier molecular flexibility index (Phi) is 5.92. The molecule has 0 unspecified atom stereocenters. The molecule has 0 radical (unpaired) electrons. The highest BCUT2D eigenvalue weighted by atomic mass is 35.5. The van der Waals surface area contributed by atoms with Crippen LogP contribution in [0.5, 0.6) is 5.75 Å². The van der Waals surface area contributed by atoms with Crippen LogP contribution >= 0.6 is 23.2 Å². The van der Waals surface area contributed by atoms with E-state index in [1.54, 1.807) is 18.2 Å². The maximum Gasteiger partial charge on any atom is 0.148 e. The predicted octanol–water partition coefficient (Wildman–Crippen LogP) is 5.04. The second kappa shape index (κ2) is 7.93. The van der Waals surface area contributed by atoms with E-state index in [0.29, 0.717) is 23.6 Å². The number of halogens is 3. The Morgan fingerprint density at radius 3 is 2.76 bits per heavy atom. The summed E-state index contributed by atoms with van der Waals surface area (Å²) in [4.78, 5) is 0. The van der Waals surface area contributed by atoms with Crippen molar-refractivity contribution in [3.63, 3.8) is 0 Å². The number of benzene rings is 2. The minimum atomic E-state index is -0.447. The molecule has 0 aliphatic carbocycles. The van der Waals surface area contributed by atoms with Gasteiger partial charge in [0, 0.05) is 23.4 Å². The SMILES string of the molecule is Fc1c(Cl)cccc1COc1cccc(C#CCCCl)c1. The molecule has 4 heteroatoms. The van der Waals surface area contributed by atoms with Gasteiger partial charge in [0.25, 0.3) is 0 Å². The summed E-state index contributed by atoms with van der Waals surface area (Å²) >= 11 is 11.3. The number of hydrogen-bond donors (Lipinski definition) is 0. The summed E-state index contributed by atoms with van der Waals surface area (Å²) in [5.74, 6) is 6.64. The van der Waals surface area contributed by atoms with Crippen LogP contribution in [-0.4, -0.2) is 5.88 Å². The summed E-state index contributed by atoms with van der Waals surface area (Å²) in [5, 5.41) is 0.0943. The van der Waals surface area contributed by atoms with Crippen molar-refractivity contribution in [3.05, 3.63) is 64.4 Å². The molecule has 2 aromatic rings. The molecule has 2 rings (SSSR count). The van der Waals surface area contributed by atoms with Crippen LogP contribution in [0.25, 0.3) is 0 Å². The van der Waals surface area contributed by atoms with E-state index in [9.17, 15) is 4.39 Å². The van der Waals surface area contributed by atoms with Gasteiger partial charge in [0.15, 0.2) is 0 Å². The van der Waals surface area contributed by atoms with Gasteiger partial charge in [0.05, 0.1) is 5.02 Å². The van der Waals surface area contributed by atoms with E-state index >= 15 is 0 Å². The molecule has 0 heterocycles. The monoisotopic (exact) mass is 322 g/mol. The first-order valence-corrected chi connectivity index (χ1v) is 7.32. The fourth-order valence-electron chi connectivity index (χ4n) is 1.70. The van der Waals surface area contributed by atoms with E-state index in [-0.39, 0.29) is 11.6 Å². The van der Waals surface area contributed by atoms with Crippen LogP contribution in [0.3, 0.4) is 0 Å². The lowest BCUT2D eigenvalue weighted by atomic mass is 10.2. The van der Waals surface area contributed by atoms with E-state index in [1.807, 2.05) is 18.2 Å². The van der Waals surface area contributed by atoms with E-state index < -0.39 is 5.82 Å². The lowest BCUT2D eigenvalue weighted by molar-refractivity contribution is 0.300. The third-order valence-electron chi connectivity index (χ3n) is 2.71. The summed E-state index contributed by atoms with van der Waals surface area (Å²) < 4.78 is 19.3. The maximum atomic E-state index is 13.7. The van der Waals surface area contributed by atoms with Crippen LogP contribution in [-0.2, 0) is 6.61 Å². The van der Waals surface area contributed by atoms with Gasteiger partial charge < -0.3 is 4.74 Å². The lowest BCUT2D eigenvalue weighted by Gasteiger charge is -2.08. The average molecular weight is 323 g/mol. The highest BCUT2D eigenvalue weighted by Gasteiger charge is 2.06. The summed E-state index contributed by atoms with van der Waals surface area (Å²) in [6.07, 6.45) is 0.639. The van der Waals surface area contributed by atoms with E-state index in [0.717, 1.165) is 5.56 Å². The third-order valence-corrected chi connectivity index (χ3v) is 3.19. The van der Waals surface area contributed by atoms with Crippen molar-refractivity contribution in [1.82, 2.24) is 0 Å². The summed E-state index contributed by atoms with van der Waals surface area (Å²) in [7, 11) is 0. The first-order valence-electron chi connectivity index (χ1n) is 6.41. The van der Waals surface area contributed by atoms with E-state index in [2.05, 4.69) is 11.8 Å². The van der Waals surface area contributed by atoms with Crippen LogP contribution < -0.4 is 4.74 Å². The van der Waals surface area contributed by atoms with E-state index in [1.165, 1.54) is 6.07 Å². The Morgan fingerprint density at radius 1 is 1.14 bits per heavy atom. The number of alkyl halides is 1. The number of rotatable bonds is 4. The average Bonchev–Trinajstić information content (AvgIpc) is 2.50. The molecule has 1 nitrogen and oxygen atoms in total. The van der Waals surface area contributed by atoms with Gasteiger partial charge in [-0.25, -0.2) is 4.39 Å². The van der Waals surface area contributed by atoms with Gasteiger partial charge >= 0.3 is 0 Å². The van der Waals surface area contributed by atoms with Crippen molar-refractivity contribution >= 4 is 23.2 Å². The largest absolute Gasteiger partial charge is 0.489 e. The zero-order valence-electron chi connectivity index (χ0n) is 11.2. The fraction of sp³-hybridized carbons (Fsp3) is 0.176. The first kappa shape index (κ1) is 15.7. The normalized spacial score (nSPS) is 9.86. The molecule has 0 saturated heterocycles. The van der Waals surface area contributed by atoms with Gasteiger partial charge in [-0.15, -0.1) is 11.6 Å². The topological polar surface area (TPSA) is 9.23 Å². The van der Waals surface area contributed by atoms with Gasteiger partial charge in [-0.05, 0) is 24.3 Å². The molecular formula is C17H13Cl2FO. The Labute approximate surface area is 133 Å². The van der Waals surface area contributed by atoms with Crippen LogP contribution in [0.2, 0.25) is 5.02 Å². The minimum absolute atomic E-state index is 0.0943. The molecule has 0 amide bonds. The van der Waals surface area contributed by atoms with Crippen molar-refractivity contribution in [2.45, 2.75) is 13.0 Å². The molecule has 0 aliphatic heterocycles. The Hall–Kier alpha value is -1.69. The molecule has 0 fully saturated rings. The first-order chi connectivity index (χ1) is 10.2. The van der Waals surface area contributed by atoms with Crippen molar-refractivity contribution in [2.24, 2.45) is 0 Å². The van der Waals surface area contributed by atoms with E-state index in [4.69, 9.17) is 27.9 Å². The van der Waals surface area contributed by atoms with Crippen molar-refractivity contribution in [3.8, 4) is 17.6 Å². The molecule has 0 atom stereocenters. The van der Waals surface area contributed by atoms with Crippen molar-refractivity contribution in [2.75, 3.05) is 5.88 Å². The smallest absolute Gasteiger partial charge is 0.148 e. The number of hydrogen-bond acceptors (Lipinski definition) is 1. The molecule has 0 N–H and O–H groups in total. The molecule has 0 aliphatic rings. The quantitative estimate of drug-likeness (QED) is 0.566. The molecule has 0 spiro atoms. The summed E-state index contributed by atoms with van der Waals surface area (Å²) in [6.45, 7) is 0.116. The zero-order valence-corrected chi connectivity index (χ0v) is 12.7. The zero-order chi connectivity index (χ0) is 15.1. The van der Waals surface area contributed by atoms with Gasteiger partial charge in [-0.1, -0.05) is 41.6 Å². The highest BCUT2D eigenvalue weighted by Crippen LogP contribution is 2.20. The highest BCUT2D eigenvalue weighted by molar-refractivity contribution is 6.30. The van der Waals surface area contributed by atoms with Crippen LogP contribution in [0.1, 0.15) is 17.5 Å².